The standard InChI is InChI=1S/C15H20O3/c1-10-4-5-12(17-10)13(16)11-6-7-14(2)8-9-15(11,3)18-14/h4-5,11H,6-9H2,1-3H3/t11-,14+,15-/m0/s1. The van der Waals surface area contributed by atoms with E-state index in [9.17, 15) is 4.79 Å². The van der Waals surface area contributed by atoms with Gasteiger partial charge in [0.1, 0.15) is 5.76 Å². The largest absolute Gasteiger partial charge is 0.458 e. The second-order valence-electron chi connectivity index (χ2n) is 6.23. The normalized spacial score (nSPS) is 38.9. The van der Waals surface area contributed by atoms with Crippen LogP contribution in [-0.2, 0) is 4.74 Å². The van der Waals surface area contributed by atoms with Gasteiger partial charge in [-0.05, 0) is 58.6 Å². The summed E-state index contributed by atoms with van der Waals surface area (Å²) in [5.74, 6) is 1.32. The van der Waals surface area contributed by atoms with Gasteiger partial charge >= 0.3 is 0 Å². The minimum absolute atomic E-state index is 0.00931. The first-order valence-corrected chi connectivity index (χ1v) is 6.73. The summed E-state index contributed by atoms with van der Waals surface area (Å²) in [6, 6.07) is 3.63. The highest BCUT2D eigenvalue weighted by Crippen LogP contribution is 2.51. The highest BCUT2D eigenvalue weighted by molar-refractivity contribution is 5.96. The maximum atomic E-state index is 12.5. The third-order valence-corrected chi connectivity index (χ3v) is 4.63. The Morgan fingerprint density at radius 2 is 2.06 bits per heavy atom. The van der Waals surface area contributed by atoms with Crippen LogP contribution in [0.5, 0.6) is 0 Å². The number of fused-ring (bicyclic) bond motifs is 2. The van der Waals surface area contributed by atoms with Crippen molar-refractivity contribution in [3.05, 3.63) is 23.7 Å². The summed E-state index contributed by atoms with van der Waals surface area (Å²) in [5, 5.41) is 0. The lowest BCUT2D eigenvalue weighted by atomic mass is 9.79. The van der Waals surface area contributed by atoms with Gasteiger partial charge in [-0.2, -0.15) is 0 Å². The van der Waals surface area contributed by atoms with E-state index in [2.05, 4.69) is 13.8 Å². The molecular formula is C15H20O3. The van der Waals surface area contributed by atoms with E-state index in [0.717, 1.165) is 31.4 Å². The molecule has 0 spiro atoms. The lowest BCUT2D eigenvalue weighted by Gasteiger charge is -2.41. The number of aryl methyl sites for hydroxylation is 1. The van der Waals surface area contributed by atoms with Crippen LogP contribution in [0.15, 0.2) is 16.5 Å². The molecule has 0 saturated carbocycles. The first kappa shape index (κ1) is 12.0. The quantitative estimate of drug-likeness (QED) is 0.752. The van der Waals surface area contributed by atoms with E-state index in [-0.39, 0.29) is 22.9 Å². The Balaban J connectivity index is 1.87. The van der Waals surface area contributed by atoms with E-state index in [1.807, 2.05) is 13.0 Å². The number of carbonyl (C=O) groups is 1. The Bertz CT molecular complexity index is 490. The van der Waals surface area contributed by atoms with Crippen molar-refractivity contribution < 1.29 is 13.9 Å². The fourth-order valence-electron chi connectivity index (χ4n) is 3.50. The number of hydrogen-bond donors (Lipinski definition) is 0. The van der Waals surface area contributed by atoms with Crippen molar-refractivity contribution in [3.63, 3.8) is 0 Å². The van der Waals surface area contributed by atoms with Gasteiger partial charge in [0.05, 0.1) is 17.1 Å². The third kappa shape index (κ3) is 1.72. The van der Waals surface area contributed by atoms with Gasteiger partial charge in [0.15, 0.2) is 5.76 Å². The van der Waals surface area contributed by atoms with Crippen molar-refractivity contribution in [2.24, 2.45) is 5.92 Å². The van der Waals surface area contributed by atoms with Gasteiger partial charge in [-0.25, -0.2) is 0 Å². The highest BCUT2D eigenvalue weighted by Gasteiger charge is 2.54. The van der Waals surface area contributed by atoms with E-state index < -0.39 is 0 Å². The maximum Gasteiger partial charge on any atom is 0.203 e. The molecular weight excluding hydrogens is 228 g/mol. The Morgan fingerprint density at radius 3 is 2.72 bits per heavy atom. The van der Waals surface area contributed by atoms with Crippen LogP contribution in [0.2, 0.25) is 0 Å². The number of ether oxygens (including phenoxy) is 1. The van der Waals surface area contributed by atoms with E-state index in [0.29, 0.717) is 5.76 Å². The fourth-order valence-corrected chi connectivity index (χ4v) is 3.50. The molecule has 0 N–H and O–H groups in total. The molecule has 3 atom stereocenters. The molecule has 0 radical (unpaired) electrons. The maximum absolute atomic E-state index is 12.5. The number of carbonyl (C=O) groups excluding carboxylic acids is 1. The summed E-state index contributed by atoms with van der Waals surface area (Å²) in [7, 11) is 0. The Labute approximate surface area is 108 Å². The molecule has 2 fully saturated rings. The molecule has 2 aliphatic rings. The summed E-state index contributed by atoms with van der Waals surface area (Å²) in [6.07, 6.45) is 3.91. The molecule has 1 aromatic heterocycles. The van der Waals surface area contributed by atoms with Crippen LogP contribution in [0.4, 0.5) is 0 Å². The smallest absolute Gasteiger partial charge is 0.203 e. The van der Waals surface area contributed by atoms with Gasteiger partial charge in [-0.1, -0.05) is 0 Å². The van der Waals surface area contributed by atoms with Crippen molar-refractivity contribution in [3.8, 4) is 0 Å². The molecule has 3 heteroatoms. The molecule has 1 aromatic rings. The van der Waals surface area contributed by atoms with Crippen molar-refractivity contribution >= 4 is 5.78 Å². The minimum atomic E-state index is -0.301. The summed E-state index contributed by atoms with van der Waals surface area (Å²) >= 11 is 0. The summed E-state index contributed by atoms with van der Waals surface area (Å²) in [4.78, 5) is 12.5. The molecule has 3 nitrogen and oxygen atoms in total. The first-order chi connectivity index (χ1) is 8.42. The third-order valence-electron chi connectivity index (χ3n) is 4.63. The van der Waals surface area contributed by atoms with E-state index in [1.54, 1.807) is 6.07 Å². The number of ketones is 1. The Hall–Kier alpha value is -1.09. The molecule has 3 heterocycles. The zero-order chi connectivity index (χ0) is 13.0. The van der Waals surface area contributed by atoms with Crippen molar-refractivity contribution in [1.29, 1.82) is 0 Å². The van der Waals surface area contributed by atoms with Crippen LogP contribution < -0.4 is 0 Å². The fraction of sp³-hybridized carbons (Fsp3) is 0.667. The Morgan fingerprint density at radius 1 is 1.28 bits per heavy atom. The number of furan rings is 1. The second kappa shape index (κ2) is 3.70. The second-order valence-corrected chi connectivity index (χ2v) is 6.23. The van der Waals surface area contributed by atoms with Crippen molar-refractivity contribution in [2.75, 3.05) is 0 Å². The molecule has 2 aliphatic heterocycles. The van der Waals surface area contributed by atoms with Gasteiger partial charge in [0.2, 0.25) is 5.78 Å². The molecule has 2 bridgehead atoms. The molecule has 3 rings (SSSR count). The molecule has 0 aliphatic carbocycles. The highest BCUT2D eigenvalue weighted by atomic mass is 16.5. The topological polar surface area (TPSA) is 39.4 Å². The summed E-state index contributed by atoms with van der Waals surface area (Å²) in [5.41, 5.74) is -0.310. The Kier molecular flexibility index (Phi) is 2.46. The molecule has 2 saturated heterocycles. The average Bonchev–Trinajstić information content (AvgIpc) is 2.82. The summed E-state index contributed by atoms with van der Waals surface area (Å²) in [6.45, 7) is 6.11. The van der Waals surface area contributed by atoms with Crippen LogP contribution in [0.3, 0.4) is 0 Å². The number of Topliss-reactive ketones (excluding diaryl/α,β-unsaturated/α-hetero) is 1. The molecule has 0 unspecified atom stereocenters. The summed E-state index contributed by atoms with van der Waals surface area (Å²) < 4.78 is 11.6. The first-order valence-electron chi connectivity index (χ1n) is 6.73. The molecule has 98 valence electrons. The molecule has 0 aromatic carbocycles. The minimum Gasteiger partial charge on any atom is -0.458 e. The lowest BCUT2D eigenvalue weighted by Crippen LogP contribution is -2.46. The van der Waals surface area contributed by atoms with Crippen LogP contribution >= 0.6 is 0 Å². The number of hydrogen-bond acceptors (Lipinski definition) is 3. The van der Waals surface area contributed by atoms with Crippen LogP contribution in [0, 0.1) is 12.8 Å². The van der Waals surface area contributed by atoms with Gasteiger partial charge in [0, 0.05) is 0 Å². The number of rotatable bonds is 2. The van der Waals surface area contributed by atoms with Gasteiger partial charge in [0.25, 0.3) is 0 Å². The zero-order valence-corrected chi connectivity index (χ0v) is 11.3. The SMILES string of the molecule is Cc1ccc(C(=O)[C@@H]2CC[C@]3(C)CC[C@]2(C)O3)o1. The van der Waals surface area contributed by atoms with Crippen molar-refractivity contribution in [1.82, 2.24) is 0 Å². The van der Waals surface area contributed by atoms with E-state index >= 15 is 0 Å². The lowest BCUT2D eigenvalue weighted by molar-refractivity contribution is -0.141. The molecule has 0 amide bonds. The monoisotopic (exact) mass is 248 g/mol. The predicted octanol–water partition coefficient (Wildman–Crippen LogP) is 3.51. The van der Waals surface area contributed by atoms with Crippen molar-refractivity contribution in [2.45, 2.75) is 57.7 Å². The van der Waals surface area contributed by atoms with E-state index in [1.165, 1.54) is 0 Å². The molecule has 18 heavy (non-hydrogen) atoms. The van der Waals surface area contributed by atoms with Crippen LogP contribution in [-0.4, -0.2) is 17.0 Å². The van der Waals surface area contributed by atoms with Gasteiger partial charge < -0.3 is 9.15 Å². The van der Waals surface area contributed by atoms with Crippen LogP contribution in [0.25, 0.3) is 0 Å². The van der Waals surface area contributed by atoms with Gasteiger partial charge in [-0.15, -0.1) is 0 Å². The average molecular weight is 248 g/mol. The van der Waals surface area contributed by atoms with Crippen LogP contribution in [0.1, 0.15) is 55.8 Å². The predicted molar refractivity (Wildman–Crippen MR) is 67.6 cm³/mol. The van der Waals surface area contributed by atoms with Gasteiger partial charge in [-0.3, -0.25) is 4.79 Å². The van der Waals surface area contributed by atoms with E-state index in [4.69, 9.17) is 9.15 Å². The zero-order valence-electron chi connectivity index (χ0n) is 11.3.